The van der Waals surface area contributed by atoms with Crippen molar-refractivity contribution in [2.75, 3.05) is 19.8 Å². The van der Waals surface area contributed by atoms with Crippen LogP contribution in [0.5, 0.6) is 0 Å². The minimum Gasteiger partial charge on any atom is -0.399 e. The van der Waals surface area contributed by atoms with Crippen molar-refractivity contribution in [3.63, 3.8) is 0 Å². The second-order valence-corrected chi connectivity index (χ2v) is 6.78. The first-order chi connectivity index (χ1) is 9.12. The summed E-state index contributed by atoms with van der Waals surface area (Å²) >= 11 is 0. The first-order valence-electron chi connectivity index (χ1n) is 7.01. The first-order valence-corrected chi connectivity index (χ1v) is 7.01. The average Bonchev–Trinajstić information content (AvgIpc) is 2.50. The molecule has 1 fully saturated rings. The SMILES string of the molecule is CN(C)Cc1ccc(N)cc1B1OC(C)(C)C(C)(C)O1. The third-order valence-electron chi connectivity index (χ3n) is 4.16. The molecule has 4 nitrogen and oxygen atoms in total. The molecule has 1 aromatic carbocycles. The van der Waals surface area contributed by atoms with E-state index in [1.165, 1.54) is 5.56 Å². The quantitative estimate of drug-likeness (QED) is 0.673. The van der Waals surface area contributed by atoms with Gasteiger partial charge in [0.1, 0.15) is 0 Å². The smallest absolute Gasteiger partial charge is 0.399 e. The van der Waals surface area contributed by atoms with Crippen LogP contribution in [0.3, 0.4) is 0 Å². The fourth-order valence-electron chi connectivity index (χ4n) is 2.29. The molecule has 0 saturated carbocycles. The summed E-state index contributed by atoms with van der Waals surface area (Å²) in [6, 6.07) is 5.93. The summed E-state index contributed by atoms with van der Waals surface area (Å²) in [6.07, 6.45) is 0. The van der Waals surface area contributed by atoms with Crippen LogP contribution in [0.15, 0.2) is 18.2 Å². The molecule has 1 aliphatic heterocycles. The zero-order valence-corrected chi connectivity index (χ0v) is 13.4. The van der Waals surface area contributed by atoms with Crippen LogP contribution in [0.2, 0.25) is 0 Å². The summed E-state index contributed by atoms with van der Waals surface area (Å²) < 4.78 is 12.3. The van der Waals surface area contributed by atoms with Crippen molar-refractivity contribution in [3.8, 4) is 0 Å². The van der Waals surface area contributed by atoms with Gasteiger partial charge in [0.25, 0.3) is 0 Å². The van der Waals surface area contributed by atoms with Crippen LogP contribution >= 0.6 is 0 Å². The average molecular weight is 276 g/mol. The largest absolute Gasteiger partial charge is 0.495 e. The van der Waals surface area contributed by atoms with Gasteiger partial charge in [0.15, 0.2) is 0 Å². The molecule has 0 aromatic heterocycles. The number of nitrogens with zero attached hydrogens (tertiary/aromatic N) is 1. The van der Waals surface area contributed by atoms with E-state index in [9.17, 15) is 0 Å². The number of nitrogens with two attached hydrogens (primary N) is 1. The molecule has 0 atom stereocenters. The van der Waals surface area contributed by atoms with Crippen LogP contribution in [-0.4, -0.2) is 37.3 Å². The summed E-state index contributed by atoms with van der Waals surface area (Å²) in [5.41, 5.74) is 8.21. The van der Waals surface area contributed by atoms with Gasteiger partial charge in [0.2, 0.25) is 0 Å². The van der Waals surface area contributed by atoms with Crippen LogP contribution in [-0.2, 0) is 15.9 Å². The molecule has 0 radical (unpaired) electrons. The Morgan fingerprint density at radius 2 is 1.65 bits per heavy atom. The van der Waals surface area contributed by atoms with Crippen molar-refractivity contribution in [2.24, 2.45) is 0 Å². The lowest BCUT2D eigenvalue weighted by Crippen LogP contribution is -2.41. The Balaban J connectivity index is 2.36. The third-order valence-corrected chi connectivity index (χ3v) is 4.16. The van der Waals surface area contributed by atoms with E-state index in [4.69, 9.17) is 15.0 Å². The van der Waals surface area contributed by atoms with Gasteiger partial charge >= 0.3 is 7.12 Å². The van der Waals surface area contributed by atoms with E-state index in [-0.39, 0.29) is 18.3 Å². The fourth-order valence-corrected chi connectivity index (χ4v) is 2.29. The third kappa shape index (κ3) is 2.85. The van der Waals surface area contributed by atoms with Crippen molar-refractivity contribution in [1.29, 1.82) is 0 Å². The molecule has 2 rings (SSSR count). The standard InChI is InChI=1S/C15H25BN2O2/c1-14(2)15(3,4)20-16(19-14)13-9-12(17)8-7-11(13)10-18(5)6/h7-9H,10,17H2,1-6H3. The summed E-state index contributed by atoms with van der Waals surface area (Å²) in [7, 11) is 3.73. The topological polar surface area (TPSA) is 47.7 Å². The summed E-state index contributed by atoms with van der Waals surface area (Å²) in [6.45, 7) is 9.07. The zero-order chi connectivity index (χ0) is 15.1. The molecule has 0 spiro atoms. The van der Waals surface area contributed by atoms with Crippen molar-refractivity contribution < 1.29 is 9.31 Å². The molecule has 1 aromatic rings. The van der Waals surface area contributed by atoms with Gasteiger partial charge in [-0.2, -0.15) is 0 Å². The Bertz CT molecular complexity index is 485. The molecule has 0 aliphatic carbocycles. The number of hydrogen-bond acceptors (Lipinski definition) is 4. The van der Waals surface area contributed by atoms with Gasteiger partial charge in [-0.25, -0.2) is 0 Å². The Hall–Kier alpha value is -1.04. The van der Waals surface area contributed by atoms with Gasteiger partial charge < -0.3 is 19.9 Å². The van der Waals surface area contributed by atoms with Crippen molar-refractivity contribution in [1.82, 2.24) is 4.90 Å². The Labute approximate surface area is 122 Å². The maximum Gasteiger partial charge on any atom is 0.495 e. The molecule has 20 heavy (non-hydrogen) atoms. The second kappa shape index (κ2) is 5.06. The number of benzene rings is 1. The molecule has 1 saturated heterocycles. The summed E-state index contributed by atoms with van der Waals surface area (Å²) in [5.74, 6) is 0. The van der Waals surface area contributed by atoms with E-state index in [2.05, 4.69) is 38.7 Å². The highest BCUT2D eigenvalue weighted by molar-refractivity contribution is 6.62. The molecule has 0 bridgehead atoms. The zero-order valence-electron chi connectivity index (χ0n) is 13.4. The van der Waals surface area contributed by atoms with E-state index in [1.54, 1.807) is 0 Å². The number of hydrogen-bond donors (Lipinski definition) is 1. The van der Waals surface area contributed by atoms with Gasteiger partial charge in [0.05, 0.1) is 11.2 Å². The first kappa shape index (κ1) is 15.4. The van der Waals surface area contributed by atoms with Crippen molar-refractivity contribution in [2.45, 2.75) is 45.4 Å². The number of nitrogen functional groups attached to an aromatic ring is 1. The lowest BCUT2D eigenvalue weighted by atomic mass is 9.75. The predicted octanol–water partition coefficient (Wildman–Crippen LogP) is 1.63. The van der Waals surface area contributed by atoms with Gasteiger partial charge in [-0.05, 0) is 64.9 Å². The van der Waals surface area contributed by atoms with Gasteiger partial charge in [-0.15, -0.1) is 0 Å². The Kier molecular flexibility index (Phi) is 3.89. The van der Waals surface area contributed by atoms with E-state index < -0.39 is 0 Å². The van der Waals surface area contributed by atoms with Gasteiger partial charge in [-0.1, -0.05) is 6.07 Å². The maximum absolute atomic E-state index is 6.13. The molecule has 1 heterocycles. The monoisotopic (exact) mass is 276 g/mol. The van der Waals surface area contributed by atoms with Gasteiger partial charge in [-0.3, -0.25) is 0 Å². The van der Waals surface area contributed by atoms with E-state index in [1.807, 2.05) is 26.2 Å². The number of anilines is 1. The molecule has 5 heteroatoms. The van der Waals surface area contributed by atoms with E-state index >= 15 is 0 Å². The van der Waals surface area contributed by atoms with Crippen molar-refractivity contribution in [3.05, 3.63) is 23.8 Å². The van der Waals surface area contributed by atoms with Crippen LogP contribution in [0.4, 0.5) is 5.69 Å². The molecule has 0 amide bonds. The van der Waals surface area contributed by atoms with E-state index in [0.29, 0.717) is 0 Å². The minimum absolute atomic E-state index is 0.336. The highest BCUT2D eigenvalue weighted by Gasteiger charge is 2.52. The lowest BCUT2D eigenvalue weighted by molar-refractivity contribution is 0.00578. The van der Waals surface area contributed by atoms with E-state index in [0.717, 1.165) is 17.7 Å². The molecular formula is C15H25BN2O2. The minimum atomic E-state index is -0.363. The molecule has 1 aliphatic rings. The Morgan fingerprint density at radius 1 is 1.10 bits per heavy atom. The van der Waals surface area contributed by atoms with Crippen LogP contribution < -0.4 is 11.2 Å². The highest BCUT2D eigenvalue weighted by atomic mass is 16.7. The fraction of sp³-hybridized carbons (Fsp3) is 0.600. The lowest BCUT2D eigenvalue weighted by Gasteiger charge is -2.32. The molecule has 2 N–H and O–H groups in total. The predicted molar refractivity (Wildman–Crippen MR) is 84.0 cm³/mol. The second-order valence-electron chi connectivity index (χ2n) is 6.78. The summed E-state index contributed by atoms with van der Waals surface area (Å²) in [4.78, 5) is 2.13. The maximum atomic E-state index is 6.13. The van der Waals surface area contributed by atoms with Crippen LogP contribution in [0.1, 0.15) is 33.3 Å². The molecular weight excluding hydrogens is 251 g/mol. The number of rotatable bonds is 3. The van der Waals surface area contributed by atoms with Crippen molar-refractivity contribution >= 4 is 18.3 Å². The van der Waals surface area contributed by atoms with Gasteiger partial charge in [0, 0.05) is 12.2 Å². The molecule has 110 valence electrons. The van der Waals surface area contributed by atoms with Crippen LogP contribution in [0.25, 0.3) is 0 Å². The van der Waals surface area contributed by atoms with Crippen LogP contribution in [0, 0.1) is 0 Å². The Morgan fingerprint density at radius 3 is 2.15 bits per heavy atom. The molecule has 0 unspecified atom stereocenters. The normalized spacial score (nSPS) is 20.6. The summed E-state index contributed by atoms with van der Waals surface area (Å²) in [5, 5.41) is 0. The highest BCUT2D eigenvalue weighted by Crippen LogP contribution is 2.36.